The summed E-state index contributed by atoms with van der Waals surface area (Å²) in [5, 5.41) is 3.08. The smallest absolute Gasteiger partial charge is 0.224 e. The Morgan fingerprint density at radius 3 is 2.86 bits per heavy atom. The van der Waals surface area contributed by atoms with Crippen molar-refractivity contribution < 1.29 is 4.79 Å². The third kappa shape index (κ3) is 5.71. The average molecular weight is 306 g/mol. The minimum Gasteiger partial charge on any atom is -0.355 e. The van der Waals surface area contributed by atoms with Gasteiger partial charge in [-0.25, -0.2) is 0 Å². The fourth-order valence-electron chi connectivity index (χ4n) is 2.65. The highest BCUT2D eigenvalue weighted by Gasteiger charge is 2.23. The van der Waals surface area contributed by atoms with Crippen LogP contribution in [0.3, 0.4) is 0 Å². The van der Waals surface area contributed by atoms with Crippen molar-refractivity contribution in [2.75, 3.05) is 32.4 Å². The van der Waals surface area contributed by atoms with Crippen molar-refractivity contribution >= 4 is 17.7 Å². The third-order valence-corrected chi connectivity index (χ3v) is 4.96. The number of thioether (sulfide) groups is 1. The van der Waals surface area contributed by atoms with Crippen molar-refractivity contribution in [1.82, 2.24) is 10.2 Å². The SMILES string of the molecule is Cc1ccc(CSCCNC(=O)[C@@H]2CCCN(C)C2)cc1. The van der Waals surface area contributed by atoms with Crippen LogP contribution in [0.15, 0.2) is 24.3 Å². The molecule has 2 rings (SSSR count). The van der Waals surface area contributed by atoms with E-state index in [1.54, 1.807) is 0 Å². The number of likely N-dealkylation sites (tertiary alicyclic amines) is 1. The van der Waals surface area contributed by atoms with E-state index in [-0.39, 0.29) is 11.8 Å². The molecule has 0 aliphatic carbocycles. The van der Waals surface area contributed by atoms with Crippen molar-refractivity contribution in [3.05, 3.63) is 35.4 Å². The van der Waals surface area contributed by atoms with Crippen molar-refractivity contribution in [3.8, 4) is 0 Å². The minimum absolute atomic E-state index is 0.186. The lowest BCUT2D eigenvalue weighted by atomic mass is 9.98. The number of carbonyl (C=O) groups is 1. The van der Waals surface area contributed by atoms with Gasteiger partial charge in [-0.3, -0.25) is 4.79 Å². The standard InChI is InChI=1S/C17H26N2OS/c1-14-5-7-15(8-6-14)13-21-11-9-18-17(20)16-4-3-10-19(2)12-16/h5-8,16H,3-4,9-13H2,1-2H3,(H,18,20)/t16-/m1/s1. The van der Waals surface area contributed by atoms with Crippen LogP contribution in [-0.2, 0) is 10.5 Å². The number of nitrogens with zero attached hydrogens (tertiary/aromatic N) is 1. The van der Waals surface area contributed by atoms with Gasteiger partial charge in [0.25, 0.3) is 0 Å². The first-order valence-corrected chi connectivity index (χ1v) is 8.90. The van der Waals surface area contributed by atoms with Gasteiger partial charge in [0.1, 0.15) is 0 Å². The summed E-state index contributed by atoms with van der Waals surface area (Å²) in [6, 6.07) is 8.66. The van der Waals surface area contributed by atoms with E-state index in [4.69, 9.17) is 0 Å². The third-order valence-electron chi connectivity index (χ3n) is 3.93. The summed E-state index contributed by atoms with van der Waals surface area (Å²) in [4.78, 5) is 14.3. The fraction of sp³-hybridized carbons (Fsp3) is 0.588. The number of benzene rings is 1. The van der Waals surface area contributed by atoms with E-state index < -0.39 is 0 Å². The summed E-state index contributed by atoms with van der Waals surface area (Å²) in [6.07, 6.45) is 2.17. The molecule has 1 atom stereocenters. The summed E-state index contributed by atoms with van der Waals surface area (Å²) in [6.45, 7) is 4.91. The zero-order valence-electron chi connectivity index (χ0n) is 13.1. The summed E-state index contributed by atoms with van der Waals surface area (Å²) in [5.41, 5.74) is 2.65. The lowest BCUT2D eigenvalue weighted by molar-refractivity contribution is -0.126. The predicted octanol–water partition coefficient (Wildman–Crippen LogP) is 2.69. The van der Waals surface area contributed by atoms with Crippen LogP contribution in [0.1, 0.15) is 24.0 Å². The molecule has 1 N–H and O–H groups in total. The highest BCUT2D eigenvalue weighted by Crippen LogP contribution is 2.15. The number of nitrogens with one attached hydrogen (secondary N) is 1. The molecule has 21 heavy (non-hydrogen) atoms. The zero-order chi connectivity index (χ0) is 15.1. The number of rotatable bonds is 6. The van der Waals surface area contributed by atoms with Crippen LogP contribution in [0.25, 0.3) is 0 Å². The van der Waals surface area contributed by atoms with Crippen LogP contribution >= 0.6 is 11.8 Å². The molecule has 3 nitrogen and oxygen atoms in total. The maximum atomic E-state index is 12.1. The number of amides is 1. The van der Waals surface area contributed by atoms with Crippen LogP contribution in [0, 0.1) is 12.8 Å². The molecule has 0 aromatic heterocycles. The van der Waals surface area contributed by atoms with E-state index in [2.05, 4.69) is 48.5 Å². The van der Waals surface area contributed by atoms with Gasteiger partial charge in [0.05, 0.1) is 5.92 Å². The fourth-order valence-corrected chi connectivity index (χ4v) is 3.46. The summed E-state index contributed by atoms with van der Waals surface area (Å²) in [7, 11) is 2.09. The summed E-state index contributed by atoms with van der Waals surface area (Å²) in [5.74, 6) is 2.41. The van der Waals surface area contributed by atoms with Gasteiger partial charge >= 0.3 is 0 Å². The monoisotopic (exact) mass is 306 g/mol. The lowest BCUT2D eigenvalue weighted by Crippen LogP contribution is -2.41. The molecular formula is C17H26N2OS. The molecule has 1 saturated heterocycles. The topological polar surface area (TPSA) is 32.3 Å². The molecule has 116 valence electrons. The van der Waals surface area contributed by atoms with Gasteiger partial charge in [-0.05, 0) is 38.9 Å². The molecule has 1 aromatic carbocycles. The maximum Gasteiger partial charge on any atom is 0.224 e. The second kappa shape index (κ2) is 8.44. The maximum absolute atomic E-state index is 12.1. The van der Waals surface area contributed by atoms with E-state index >= 15 is 0 Å². The van der Waals surface area contributed by atoms with Crippen LogP contribution in [0.5, 0.6) is 0 Å². The number of carbonyl (C=O) groups excluding carboxylic acids is 1. The molecular weight excluding hydrogens is 280 g/mol. The molecule has 0 unspecified atom stereocenters. The molecule has 1 amide bonds. The molecule has 1 aliphatic heterocycles. The number of hydrogen-bond acceptors (Lipinski definition) is 3. The minimum atomic E-state index is 0.186. The molecule has 0 radical (unpaired) electrons. The molecule has 0 bridgehead atoms. The van der Waals surface area contributed by atoms with Crippen molar-refractivity contribution in [2.24, 2.45) is 5.92 Å². The Balaban J connectivity index is 1.59. The second-order valence-corrected chi connectivity index (χ2v) is 7.04. The average Bonchev–Trinajstić information content (AvgIpc) is 2.48. The van der Waals surface area contributed by atoms with Gasteiger partial charge in [0.2, 0.25) is 5.91 Å². The van der Waals surface area contributed by atoms with Crippen LogP contribution < -0.4 is 5.32 Å². The largest absolute Gasteiger partial charge is 0.355 e. The van der Waals surface area contributed by atoms with Gasteiger partial charge in [0.15, 0.2) is 0 Å². The Bertz CT molecular complexity index is 447. The van der Waals surface area contributed by atoms with Crippen molar-refractivity contribution in [3.63, 3.8) is 0 Å². The first-order chi connectivity index (χ1) is 10.1. The molecule has 1 aromatic rings. The highest BCUT2D eigenvalue weighted by atomic mass is 32.2. The van der Waals surface area contributed by atoms with Crippen LogP contribution in [-0.4, -0.2) is 43.2 Å². The number of piperidine rings is 1. The lowest BCUT2D eigenvalue weighted by Gasteiger charge is -2.28. The highest BCUT2D eigenvalue weighted by molar-refractivity contribution is 7.98. The van der Waals surface area contributed by atoms with Gasteiger partial charge < -0.3 is 10.2 Å². The second-order valence-electron chi connectivity index (χ2n) is 5.93. The van der Waals surface area contributed by atoms with Gasteiger partial charge in [-0.1, -0.05) is 29.8 Å². The first-order valence-electron chi connectivity index (χ1n) is 7.74. The summed E-state index contributed by atoms with van der Waals surface area (Å²) < 4.78 is 0. The van der Waals surface area contributed by atoms with Gasteiger partial charge in [0, 0.05) is 24.6 Å². The first kappa shape index (κ1) is 16.4. The van der Waals surface area contributed by atoms with Crippen LogP contribution in [0.2, 0.25) is 0 Å². The van der Waals surface area contributed by atoms with E-state index in [9.17, 15) is 4.79 Å². The van der Waals surface area contributed by atoms with E-state index in [1.807, 2.05) is 11.8 Å². The number of aryl methyl sites for hydroxylation is 1. The van der Waals surface area contributed by atoms with Gasteiger partial charge in [-0.15, -0.1) is 0 Å². The molecule has 0 spiro atoms. The van der Waals surface area contributed by atoms with Crippen molar-refractivity contribution in [1.29, 1.82) is 0 Å². The Morgan fingerprint density at radius 1 is 1.38 bits per heavy atom. The number of hydrogen-bond donors (Lipinski definition) is 1. The molecule has 1 aliphatic rings. The van der Waals surface area contributed by atoms with E-state index in [1.165, 1.54) is 11.1 Å². The summed E-state index contributed by atoms with van der Waals surface area (Å²) >= 11 is 1.88. The normalized spacial score (nSPS) is 19.4. The quantitative estimate of drug-likeness (QED) is 0.820. The Kier molecular flexibility index (Phi) is 6.58. The molecule has 1 fully saturated rings. The van der Waals surface area contributed by atoms with Crippen molar-refractivity contribution in [2.45, 2.75) is 25.5 Å². The zero-order valence-corrected chi connectivity index (χ0v) is 13.9. The molecule has 4 heteroatoms. The Labute approximate surface area is 132 Å². The van der Waals surface area contributed by atoms with Crippen LogP contribution in [0.4, 0.5) is 0 Å². The molecule has 0 saturated carbocycles. The predicted molar refractivity (Wildman–Crippen MR) is 90.6 cm³/mol. The molecule has 1 heterocycles. The van der Waals surface area contributed by atoms with E-state index in [0.29, 0.717) is 0 Å². The Hall–Kier alpha value is -1.00. The van der Waals surface area contributed by atoms with E-state index in [0.717, 1.165) is 44.0 Å². The Morgan fingerprint density at radius 2 is 2.14 bits per heavy atom. The van der Waals surface area contributed by atoms with Gasteiger partial charge in [-0.2, -0.15) is 11.8 Å².